The van der Waals surface area contributed by atoms with Gasteiger partial charge in [0.1, 0.15) is 5.75 Å². The molecule has 0 bridgehead atoms. The Labute approximate surface area is 139 Å². The maximum atomic E-state index is 11.8. The lowest BCUT2D eigenvalue weighted by Crippen LogP contribution is -2.31. The molecule has 2 rings (SSSR count). The van der Waals surface area contributed by atoms with Gasteiger partial charge in [-0.1, -0.05) is 26.0 Å². The van der Waals surface area contributed by atoms with Crippen molar-refractivity contribution in [2.75, 3.05) is 29.5 Å². The fraction of sp³-hybridized carbons (Fsp3) is 0.588. The summed E-state index contributed by atoms with van der Waals surface area (Å²) >= 11 is 0. The quantitative estimate of drug-likeness (QED) is 0.825. The molecule has 1 N–H and O–H groups in total. The molecular weight excluding hydrogens is 312 g/mol. The number of carbonyl (C=O) groups excluding carboxylic acids is 1. The molecule has 1 aromatic rings. The third kappa shape index (κ3) is 5.86. The van der Waals surface area contributed by atoms with E-state index in [1.165, 1.54) is 18.5 Å². The van der Waals surface area contributed by atoms with Crippen molar-refractivity contribution in [2.24, 2.45) is 5.92 Å². The van der Waals surface area contributed by atoms with E-state index in [1.54, 1.807) is 0 Å². The number of anilines is 1. The number of carbonyl (C=O) groups is 1. The second-order valence-corrected chi connectivity index (χ2v) is 8.69. The van der Waals surface area contributed by atoms with Crippen LogP contribution in [0, 0.1) is 5.92 Å². The van der Waals surface area contributed by atoms with Gasteiger partial charge < -0.3 is 10.2 Å². The first-order valence-electron chi connectivity index (χ1n) is 8.17. The monoisotopic (exact) mass is 338 g/mol. The molecule has 0 aromatic heterocycles. The number of hydrogen-bond donors (Lipinski definition) is 1. The maximum Gasteiger partial charge on any atom is 0.235 e. The Hall–Kier alpha value is -1.56. The van der Waals surface area contributed by atoms with Gasteiger partial charge in [0.25, 0.3) is 0 Å². The normalized spacial score (nSPS) is 15.2. The van der Waals surface area contributed by atoms with Crippen LogP contribution in [-0.2, 0) is 21.2 Å². The fourth-order valence-electron chi connectivity index (χ4n) is 2.82. The lowest BCUT2D eigenvalue weighted by molar-refractivity contribution is -0.118. The molecular formula is C17H26N2O3S. The molecule has 1 saturated heterocycles. The second kappa shape index (κ2) is 7.81. The van der Waals surface area contributed by atoms with E-state index in [2.05, 4.69) is 22.3 Å². The van der Waals surface area contributed by atoms with Crippen molar-refractivity contribution in [1.82, 2.24) is 5.32 Å². The molecule has 1 aliphatic rings. The molecule has 128 valence electrons. The predicted octanol–water partition coefficient (Wildman–Crippen LogP) is 1.97. The van der Waals surface area contributed by atoms with Gasteiger partial charge in [0.15, 0.2) is 9.84 Å². The first-order valence-corrected chi connectivity index (χ1v) is 9.99. The van der Waals surface area contributed by atoms with Crippen molar-refractivity contribution in [3.8, 4) is 0 Å². The molecule has 0 radical (unpaired) electrons. The molecule has 1 heterocycles. The van der Waals surface area contributed by atoms with E-state index in [0.717, 1.165) is 18.7 Å². The van der Waals surface area contributed by atoms with Crippen LogP contribution in [0.1, 0.15) is 32.3 Å². The SMILES string of the molecule is CC(C)CS(=O)(=O)CC(=O)NCc1ccc(N2CCCC2)cc1. The summed E-state index contributed by atoms with van der Waals surface area (Å²) in [5, 5.41) is 2.69. The third-order valence-electron chi connectivity index (χ3n) is 3.84. The van der Waals surface area contributed by atoms with Crippen LogP contribution < -0.4 is 10.2 Å². The van der Waals surface area contributed by atoms with E-state index < -0.39 is 21.5 Å². The average Bonchev–Trinajstić information content (AvgIpc) is 2.98. The summed E-state index contributed by atoms with van der Waals surface area (Å²) in [4.78, 5) is 14.1. The molecule has 6 heteroatoms. The topological polar surface area (TPSA) is 66.5 Å². The Morgan fingerprint density at radius 3 is 2.35 bits per heavy atom. The van der Waals surface area contributed by atoms with Crippen LogP contribution in [-0.4, -0.2) is 38.9 Å². The van der Waals surface area contributed by atoms with Crippen LogP contribution in [0.3, 0.4) is 0 Å². The number of sulfone groups is 1. The van der Waals surface area contributed by atoms with E-state index in [9.17, 15) is 13.2 Å². The summed E-state index contributed by atoms with van der Waals surface area (Å²) in [6.45, 7) is 6.22. The molecule has 5 nitrogen and oxygen atoms in total. The predicted molar refractivity (Wildman–Crippen MR) is 93.2 cm³/mol. The van der Waals surface area contributed by atoms with Gasteiger partial charge in [0, 0.05) is 25.3 Å². The highest BCUT2D eigenvalue weighted by Gasteiger charge is 2.18. The second-order valence-electron chi connectivity index (χ2n) is 6.59. The van der Waals surface area contributed by atoms with Crippen molar-refractivity contribution in [3.05, 3.63) is 29.8 Å². The van der Waals surface area contributed by atoms with E-state index >= 15 is 0 Å². The van der Waals surface area contributed by atoms with Gasteiger partial charge >= 0.3 is 0 Å². The van der Waals surface area contributed by atoms with Crippen molar-refractivity contribution >= 4 is 21.4 Å². The molecule has 1 aromatic carbocycles. The van der Waals surface area contributed by atoms with E-state index in [1.807, 2.05) is 26.0 Å². The van der Waals surface area contributed by atoms with Crippen LogP contribution >= 0.6 is 0 Å². The summed E-state index contributed by atoms with van der Waals surface area (Å²) in [5.74, 6) is -0.790. The summed E-state index contributed by atoms with van der Waals surface area (Å²) in [6.07, 6.45) is 2.48. The largest absolute Gasteiger partial charge is 0.372 e. The van der Waals surface area contributed by atoms with Crippen molar-refractivity contribution in [2.45, 2.75) is 33.2 Å². The average molecular weight is 338 g/mol. The molecule has 1 aliphatic heterocycles. The molecule has 0 saturated carbocycles. The van der Waals surface area contributed by atoms with Gasteiger partial charge in [-0.15, -0.1) is 0 Å². The minimum absolute atomic E-state index is 0.0333. The number of nitrogens with zero attached hydrogens (tertiary/aromatic N) is 1. The third-order valence-corrected chi connectivity index (χ3v) is 5.71. The fourth-order valence-corrected chi connectivity index (χ4v) is 4.45. The van der Waals surface area contributed by atoms with Gasteiger partial charge in [-0.25, -0.2) is 8.42 Å². The van der Waals surface area contributed by atoms with Gasteiger partial charge in [-0.2, -0.15) is 0 Å². The number of nitrogens with one attached hydrogen (secondary N) is 1. The molecule has 0 spiro atoms. The number of hydrogen-bond acceptors (Lipinski definition) is 4. The van der Waals surface area contributed by atoms with Crippen LogP contribution in [0.5, 0.6) is 0 Å². The van der Waals surface area contributed by atoms with Gasteiger partial charge in [-0.3, -0.25) is 4.79 Å². The van der Waals surface area contributed by atoms with Crippen LogP contribution in [0.4, 0.5) is 5.69 Å². The molecule has 23 heavy (non-hydrogen) atoms. The molecule has 0 aliphatic carbocycles. The first kappa shape index (κ1) is 17.8. The molecule has 1 amide bonds. The highest BCUT2D eigenvalue weighted by molar-refractivity contribution is 7.92. The van der Waals surface area contributed by atoms with E-state index in [4.69, 9.17) is 0 Å². The zero-order valence-corrected chi connectivity index (χ0v) is 14.7. The summed E-state index contributed by atoms with van der Waals surface area (Å²) in [7, 11) is -3.32. The van der Waals surface area contributed by atoms with Crippen molar-refractivity contribution in [3.63, 3.8) is 0 Å². The zero-order valence-electron chi connectivity index (χ0n) is 13.9. The lowest BCUT2D eigenvalue weighted by Gasteiger charge is -2.17. The number of amides is 1. The van der Waals surface area contributed by atoms with Crippen LogP contribution in [0.25, 0.3) is 0 Å². The summed E-state index contributed by atoms with van der Waals surface area (Å²) in [5.41, 5.74) is 2.18. The maximum absolute atomic E-state index is 11.8. The zero-order chi connectivity index (χ0) is 16.9. The van der Waals surface area contributed by atoms with Crippen LogP contribution in [0.2, 0.25) is 0 Å². The highest BCUT2D eigenvalue weighted by Crippen LogP contribution is 2.20. The number of benzene rings is 1. The Kier molecular flexibility index (Phi) is 6.04. The Bertz CT molecular complexity index is 618. The molecule has 0 unspecified atom stereocenters. The summed E-state index contributed by atoms with van der Waals surface area (Å²) in [6, 6.07) is 8.08. The highest BCUT2D eigenvalue weighted by atomic mass is 32.2. The minimum atomic E-state index is -3.32. The van der Waals surface area contributed by atoms with Gasteiger partial charge in [0.2, 0.25) is 5.91 Å². The Morgan fingerprint density at radius 1 is 1.17 bits per heavy atom. The van der Waals surface area contributed by atoms with Crippen molar-refractivity contribution in [1.29, 1.82) is 0 Å². The van der Waals surface area contributed by atoms with Gasteiger partial charge in [0.05, 0.1) is 5.75 Å². The van der Waals surface area contributed by atoms with Gasteiger partial charge in [-0.05, 0) is 36.5 Å². The van der Waals surface area contributed by atoms with Crippen LogP contribution in [0.15, 0.2) is 24.3 Å². The first-order chi connectivity index (χ1) is 10.9. The van der Waals surface area contributed by atoms with Crippen molar-refractivity contribution < 1.29 is 13.2 Å². The van der Waals surface area contributed by atoms with E-state index in [0.29, 0.717) is 6.54 Å². The standard InChI is InChI=1S/C17H26N2O3S/c1-14(2)12-23(21,22)13-17(20)18-11-15-5-7-16(8-6-15)19-9-3-4-10-19/h5-8,14H,3-4,9-13H2,1-2H3,(H,18,20). The Balaban J connectivity index is 1.82. The minimum Gasteiger partial charge on any atom is -0.372 e. The lowest BCUT2D eigenvalue weighted by atomic mass is 10.2. The molecule has 0 atom stereocenters. The molecule has 1 fully saturated rings. The van der Waals surface area contributed by atoms with E-state index in [-0.39, 0.29) is 11.7 Å². The number of rotatable bonds is 7. The smallest absolute Gasteiger partial charge is 0.235 e. The Morgan fingerprint density at radius 2 is 1.78 bits per heavy atom. The summed E-state index contributed by atoms with van der Waals surface area (Å²) < 4.78 is 23.6.